The van der Waals surface area contributed by atoms with Crippen LogP contribution in [-0.4, -0.2) is 34.1 Å². The van der Waals surface area contributed by atoms with Gasteiger partial charge in [-0.2, -0.15) is 0 Å². The lowest BCUT2D eigenvalue weighted by Crippen LogP contribution is -2.50. The molecule has 0 aromatic rings. The van der Waals surface area contributed by atoms with Gasteiger partial charge in [0, 0.05) is 12.8 Å². The lowest BCUT2D eigenvalue weighted by molar-refractivity contribution is -0.205. The molecule has 6 heteroatoms. The van der Waals surface area contributed by atoms with Crippen molar-refractivity contribution in [2.24, 2.45) is 16.7 Å². The van der Waals surface area contributed by atoms with Crippen molar-refractivity contribution in [2.45, 2.75) is 59.5 Å². The highest BCUT2D eigenvalue weighted by atomic mass is 16.7. The Balaban J connectivity index is 2.09. The first-order chi connectivity index (χ1) is 9.54. The van der Waals surface area contributed by atoms with E-state index >= 15 is 0 Å². The van der Waals surface area contributed by atoms with E-state index in [1.807, 2.05) is 27.7 Å². The van der Waals surface area contributed by atoms with Crippen LogP contribution < -0.4 is 0 Å². The van der Waals surface area contributed by atoms with Crippen molar-refractivity contribution in [3.8, 4) is 0 Å². The van der Waals surface area contributed by atoms with Gasteiger partial charge in [-0.3, -0.25) is 9.59 Å². The highest BCUT2D eigenvalue weighted by Gasteiger charge is 2.49. The Kier molecular flexibility index (Phi) is 3.86. The van der Waals surface area contributed by atoms with E-state index in [1.165, 1.54) is 0 Å². The van der Waals surface area contributed by atoms with Gasteiger partial charge in [0.2, 0.25) is 0 Å². The molecule has 0 aromatic carbocycles. The number of imide groups is 1. The fourth-order valence-electron chi connectivity index (χ4n) is 3.61. The maximum Gasteiger partial charge on any atom is 0.336 e. The molecular weight excluding hydrogens is 274 g/mol. The molecule has 1 aliphatic carbocycles. The van der Waals surface area contributed by atoms with Crippen LogP contribution in [0, 0.1) is 16.7 Å². The summed E-state index contributed by atoms with van der Waals surface area (Å²) in [6, 6.07) is 0. The second-order valence-electron chi connectivity index (χ2n) is 7.48. The summed E-state index contributed by atoms with van der Waals surface area (Å²) in [7, 11) is 0. The van der Waals surface area contributed by atoms with Crippen molar-refractivity contribution in [3.63, 3.8) is 0 Å². The molecule has 1 saturated carbocycles. The molecule has 2 rings (SSSR count). The van der Waals surface area contributed by atoms with E-state index in [0.717, 1.165) is 0 Å². The summed E-state index contributed by atoms with van der Waals surface area (Å²) < 4.78 is 0. The average molecular weight is 297 g/mol. The average Bonchev–Trinajstić information content (AvgIpc) is 2.66. The maximum atomic E-state index is 12.3. The summed E-state index contributed by atoms with van der Waals surface area (Å²) in [5.74, 6) is -1.93. The number of aliphatic hydroxyl groups excluding tert-OH is 1. The van der Waals surface area contributed by atoms with E-state index in [0.29, 0.717) is 17.9 Å². The van der Waals surface area contributed by atoms with Gasteiger partial charge in [-0.15, -0.1) is 5.06 Å². The van der Waals surface area contributed by atoms with Gasteiger partial charge in [-0.25, -0.2) is 4.79 Å². The fourth-order valence-corrected chi connectivity index (χ4v) is 3.61. The van der Waals surface area contributed by atoms with E-state index in [9.17, 15) is 19.5 Å². The first-order valence-corrected chi connectivity index (χ1v) is 7.30. The largest absolute Gasteiger partial charge is 0.392 e. The van der Waals surface area contributed by atoms with Gasteiger partial charge in [0.1, 0.15) is 0 Å². The van der Waals surface area contributed by atoms with Crippen LogP contribution in [0.3, 0.4) is 0 Å². The summed E-state index contributed by atoms with van der Waals surface area (Å²) in [4.78, 5) is 40.3. The van der Waals surface area contributed by atoms with Crippen molar-refractivity contribution in [1.82, 2.24) is 5.06 Å². The summed E-state index contributed by atoms with van der Waals surface area (Å²) >= 11 is 0. The van der Waals surface area contributed by atoms with E-state index in [1.54, 1.807) is 0 Å². The van der Waals surface area contributed by atoms with Crippen LogP contribution in [0.2, 0.25) is 0 Å². The second-order valence-corrected chi connectivity index (χ2v) is 7.48. The Morgan fingerprint density at radius 2 is 1.52 bits per heavy atom. The number of hydroxylamine groups is 2. The van der Waals surface area contributed by atoms with Gasteiger partial charge < -0.3 is 9.94 Å². The lowest BCUT2D eigenvalue weighted by atomic mass is 9.59. The topological polar surface area (TPSA) is 83.9 Å². The van der Waals surface area contributed by atoms with Crippen molar-refractivity contribution in [2.75, 3.05) is 0 Å². The molecule has 1 saturated heterocycles. The Morgan fingerprint density at radius 1 is 1.10 bits per heavy atom. The van der Waals surface area contributed by atoms with Gasteiger partial charge in [0.15, 0.2) is 0 Å². The number of hydrogen-bond donors (Lipinski definition) is 1. The van der Waals surface area contributed by atoms with Crippen LogP contribution in [-0.2, 0) is 19.2 Å². The van der Waals surface area contributed by atoms with Crippen LogP contribution in [0.5, 0.6) is 0 Å². The van der Waals surface area contributed by atoms with Gasteiger partial charge in [0.05, 0.1) is 12.0 Å². The monoisotopic (exact) mass is 297 g/mol. The van der Waals surface area contributed by atoms with E-state index < -0.39 is 40.6 Å². The molecule has 0 atom stereocenters. The summed E-state index contributed by atoms with van der Waals surface area (Å²) in [5.41, 5.74) is -0.852. The van der Waals surface area contributed by atoms with Crippen LogP contribution >= 0.6 is 0 Å². The molecule has 0 spiro atoms. The number of nitrogens with zero attached hydrogens (tertiary/aromatic N) is 1. The van der Waals surface area contributed by atoms with Crippen LogP contribution in [0.4, 0.5) is 0 Å². The van der Waals surface area contributed by atoms with Gasteiger partial charge in [-0.05, 0) is 23.7 Å². The maximum absolute atomic E-state index is 12.3. The minimum Gasteiger partial charge on any atom is -0.392 e. The molecule has 2 fully saturated rings. The predicted molar refractivity (Wildman–Crippen MR) is 73.5 cm³/mol. The van der Waals surface area contributed by atoms with Gasteiger partial charge in [-0.1, -0.05) is 27.7 Å². The summed E-state index contributed by atoms with van der Waals surface area (Å²) in [5, 5.41) is 11.0. The van der Waals surface area contributed by atoms with Crippen molar-refractivity contribution < 1.29 is 24.3 Å². The molecule has 21 heavy (non-hydrogen) atoms. The minimum absolute atomic E-state index is 0.0898. The third-order valence-corrected chi connectivity index (χ3v) is 4.55. The Morgan fingerprint density at radius 3 is 1.95 bits per heavy atom. The molecule has 0 aromatic heterocycles. The molecule has 0 bridgehead atoms. The molecule has 1 aliphatic heterocycles. The standard InChI is InChI=1S/C15H23NO5/c1-14(2)7-9(8-15(3,4)13(14)20)12(19)21-16-10(17)5-6-11(16)18/h9,13,20H,5-8H2,1-4H3. The smallest absolute Gasteiger partial charge is 0.336 e. The van der Waals surface area contributed by atoms with Crippen molar-refractivity contribution in [1.29, 1.82) is 0 Å². The molecular formula is C15H23NO5. The molecule has 1 heterocycles. The van der Waals surface area contributed by atoms with Crippen LogP contribution in [0.15, 0.2) is 0 Å². The van der Waals surface area contributed by atoms with E-state index in [-0.39, 0.29) is 12.8 Å². The number of carbonyl (C=O) groups excluding carboxylic acids is 3. The highest BCUT2D eigenvalue weighted by Crippen LogP contribution is 2.48. The van der Waals surface area contributed by atoms with Gasteiger partial charge >= 0.3 is 5.97 Å². The summed E-state index contributed by atoms with van der Waals surface area (Å²) in [6.07, 6.45) is 0.585. The van der Waals surface area contributed by atoms with Crippen LogP contribution in [0.25, 0.3) is 0 Å². The fraction of sp³-hybridized carbons (Fsp3) is 0.800. The number of hydrogen-bond acceptors (Lipinski definition) is 5. The van der Waals surface area contributed by atoms with Crippen molar-refractivity contribution in [3.05, 3.63) is 0 Å². The number of carbonyl (C=O) groups is 3. The Labute approximate surface area is 124 Å². The van der Waals surface area contributed by atoms with Crippen molar-refractivity contribution >= 4 is 17.8 Å². The Bertz CT molecular complexity index is 448. The quantitative estimate of drug-likeness (QED) is 0.779. The molecule has 118 valence electrons. The van der Waals surface area contributed by atoms with Gasteiger partial charge in [0.25, 0.3) is 11.8 Å². The lowest BCUT2D eigenvalue weighted by Gasteiger charge is -2.48. The predicted octanol–water partition coefficient (Wildman–Crippen LogP) is 1.42. The number of rotatable bonds is 2. The molecule has 0 radical (unpaired) electrons. The number of amides is 2. The Hall–Kier alpha value is -1.43. The zero-order valence-electron chi connectivity index (χ0n) is 13.0. The minimum atomic E-state index is -0.563. The first-order valence-electron chi connectivity index (χ1n) is 7.30. The third-order valence-electron chi connectivity index (χ3n) is 4.55. The summed E-state index contributed by atoms with van der Waals surface area (Å²) in [6.45, 7) is 7.63. The highest BCUT2D eigenvalue weighted by molar-refractivity contribution is 6.01. The van der Waals surface area contributed by atoms with Crippen LogP contribution in [0.1, 0.15) is 53.4 Å². The zero-order valence-corrected chi connectivity index (χ0v) is 13.0. The molecule has 0 unspecified atom stereocenters. The molecule has 2 amide bonds. The molecule has 1 N–H and O–H groups in total. The second kappa shape index (κ2) is 5.09. The third kappa shape index (κ3) is 2.95. The van der Waals surface area contributed by atoms with E-state index in [2.05, 4.69) is 0 Å². The number of aliphatic hydroxyl groups is 1. The van der Waals surface area contributed by atoms with E-state index in [4.69, 9.17) is 4.84 Å². The molecule has 2 aliphatic rings. The zero-order chi connectivity index (χ0) is 16.0. The first kappa shape index (κ1) is 15.9. The molecule has 6 nitrogen and oxygen atoms in total. The normalized spacial score (nSPS) is 31.4. The SMILES string of the molecule is CC1(C)CC(C(=O)ON2C(=O)CCC2=O)CC(C)(C)C1O.